The van der Waals surface area contributed by atoms with Gasteiger partial charge in [-0.15, -0.1) is 0 Å². The Bertz CT molecular complexity index is 404. The lowest BCUT2D eigenvalue weighted by Gasteiger charge is -2.18. The highest BCUT2D eigenvalue weighted by Crippen LogP contribution is 2.32. The summed E-state index contributed by atoms with van der Waals surface area (Å²) >= 11 is 5.91. The second-order valence-corrected chi connectivity index (χ2v) is 4.07. The van der Waals surface area contributed by atoms with Crippen LogP contribution in [-0.2, 0) is 4.79 Å². The van der Waals surface area contributed by atoms with E-state index in [-0.39, 0.29) is 22.8 Å². The topological polar surface area (TPSA) is 98.1 Å². The molecule has 1 aromatic heterocycles. The number of amides is 1. The number of hydrogen-bond acceptors (Lipinski definition) is 5. The van der Waals surface area contributed by atoms with E-state index in [4.69, 9.17) is 23.1 Å². The molecule has 1 unspecified atom stereocenters. The van der Waals surface area contributed by atoms with Crippen molar-refractivity contribution in [3.05, 3.63) is 11.5 Å². The first kappa shape index (κ1) is 11.1. The maximum absolute atomic E-state index is 11.7. The first-order valence-electron chi connectivity index (χ1n) is 4.90. The Morgan fingerprint density at radius 1 is 1.56 bits per heavy atom. The molecule has 0 aromatic carbocycles. The summed E-state index contributed by atoms with van der Waals surface area (Å²) < 4.78 is 0. The molecule has 0 aliphatic carbocycles. The third-order valence-corrected chi connectivity index (χ3v) is 2.89. The van der Waals surface area contributed by atoms with Crippen LogP contribution in [0.3, 0.4) is 0 Å². The van der Waals surface area contributed by atoms with Crippen LogP contribution in [0.1, 0.15) is 6.42 Å². The standard InChI is InChI=1S/C9H12ClN5O/c10-8-7(9(12)14-4-13-8)15-3-5(2-11)1-6(15)16/h4-5H,1-3,11H2,(H2,12,13,14). The van der Waals surface area contributed by atoms with Gasteiger partial charge < -0.3 is 16.4 Å². The maximum atomic E-state index is 11.7. The molecule has 0 radical (unpaired) electrons. The lowest BCUT2D eigenvalue weighted by atomic mass is 10.1. The fourth-order valence-electron chi connectivity index (χ4n) is 1.77. The minimum absolute atomic E-state index is 0.0427. The second kappa shape index (κ2) is 4.23. The van der Waals surface area contributed by atoms with Gasteiger partial charge >= 0.3 is 0 Å². The Labute approximate surface area is 97.6 Å². The summed E-state index contributed by atoms with van der Waals surface area (Å²) in [7, 11) is 0. The van der Waals surface area contributed by atoms with Gasteiger partial charge in [0.15, 0.2) is 11.0 Å². The lowest BCUT2D eigenvalue weighted by Crippen LogP contribution is -2.27. The van der Waals surface area contributed by atoms with Crippen LogP contribution in [0.4, 0.5) is 11.5 Å². The molecule has 6 nitrogen and oxygen atoms in total. The fraction of sp³-hybridized carbons (Fsp3) is 0.444. The zero-order valence-corrected chi connectivity index (χ0v) is 9.31. The summed E-state index contributed by atoms with van der Waals surface area (Å²) in [5.41, 5.74) is 11.6. The first-order chi connectivity index (χ1) is 7.63. The molecular weight excluding hydrogens is 230 g/mol. The van der Waals surface area contributed by atoms with Crippen molar-refractivity contribution >= 4 is 29.0 Å². The van der Waals surface area contributed by atoms with E-state index in [1.165, 1.54) is 11.2 Å². The van der Waals surface area contributed by atoms with Crippen LogP contribution in [0.25, 0.3) is 0 Å². The fourth-order valence-corrected chi connectivity index (χ4v) is 2.02. The zero-order chi connectivity index (χ0) is 11.7. The van der Waals surface area contributed by atoms with E-state index < -0.39 is 0 Å². The van der Waals surface area contributed by atoms with Gasteiger partial charge in [-0.25, -0.2) is 9.97 Å². The van der Waals surface area contributed by atoms with Crippen molar-refractivity contribution < 1.29 is 4.79 Å². The van der Waals surface area contributed by atoms with E-state index in [1.807, 2.05) is 0 Å². The van der Waals surface area contributed by atoms with E-state index in [0.29, 0.717) is 25.2 Å². The molecular formula is C9H12ClN5O. The summed E-state index contributed by atoms with van der Waals surface area (Å²) in [6.45, 7) is 0.986. The molecule has 2 heterocycles. The molecule has 7 heteroatoms. The third-order valence-electron chi connectivity index (χ3n) is 2.61. The summed E-state index contributed by atoms with van der Waals surface area (Å²) in [6.07, 6.45) is 1.68. The minimum Gasteiger partial charge on any atom is -0.382 e. The normalized spacial score (nSPS) is 20.5. The summed E-state index contributed by atoms with van der Waals surface area (Å²) in [5, 5.41) is 0.193. The van der Waals surface area contributed by atoms with Gasteiger partial charge in [-0.05, 0) is 12.5 Å². The summed E-state index contributed by atoms with van der Waals surface area (Å²) in [6, 6.07) is 0. The van der Waals surface area contributed by atoms with Crippen molar-refractivity contribution in [2.75, 3.05) is 23.7 Å². The molecule has 16 heavy (non-hydrogen) atoms. The molecule has 0 spiro atoms. The highest BCUT2D eigenvalue weighted by Gasteiger charge is 2.32. The zero-order valence-electron chi connectivity index (χ0n) is 8.56. The summed E-state index contributed by atoms with van der Waals surface area (Å²) in [4.78, 5) is 20.9. The Balaban J connectivity index is 2.35. The number of carbonyl (C=O) groups is 1. The van der Waals surface area contributed by atoms with E-state index in [1.54, 1.807) is 0 Å². The van der Waals surface area contributed by atoms with Gasteiger partial charge in [0.1, 0.15) is 12.0 Å². The van der Waals surface area contributed by atoms with Crippen molar-refractivity contribution in [2.45, 2.75) is 6.42 Å². The van der Waals surface area contributed by atoms with Crippen molar-refractivity contribution in [1.82, 2.24) is 9.97 Å². The maximum Gasteiger partial charge on any atom is 0.227 e. The van der Waals surface area contributed by atoms with Crippen LogP contribution >= 0.6 is 11.6 Å². The quantitative estimate of drug-likeness (QED) is 0.712. The average molecular weight is 242 g/mol. The van der Waals surface area contributed by atoms with Gasteiger partial charge in [-0.2, -0.15) is 0 Å². The van der Waals surface area contributed by atoms with Crippen LogP contribution < -0.4 is 16.4 Å². The largest absolute Gasteiger partial charge is 0.382 e. The average Bonchev–Trinajstić information content (AvgIpc) is 2.60. The van der Waals surface area contributed by atoms with Gasteiger partial charge in [-0.3, -0.25) is 4.79 Å². The van der Waals surface area contributed by atoms with Crippen molar-refractivity contribution in [1.29, 1.82) is 0 Å². The number of hydrogen-bond donors (Lipinski definition) is 2. The molecule has 0 saturated carbocycles. The molecule has 1 saturated heterocycles. The molecule has 1 aliphatic heterocycles. The number of nitrogen functional groups attached to an aromatic ring is 1. The smallest absolute Gasteiger partial charge is 0.227 e. The van der Waals surface area contributed by atoms with Crippen molar-refractivity contribution in [3.8, 4) is 0 Å². The molecule has 4 N–H and O–H groups in total. The third kappa shape index (κ3) is 1.81. The van der Waals surface area contributed by atoms with Crippen LogP contribution in [-0.4, -0.2) is 29.0 Å². The molecule has 86 valence electrons. The molecule has 1 fully saturated rings. The summed E-state index contributed by atoms with van der Waals surface area (Å²) in [5.74, 6) is 0.313. The van der Waals surface area contributed by atoms with Crippen molar-refractivity contribution in [3.63, 3.8) is 0 Å². The molecule has 1 aliphatic rings. The second-order valence-electron chi connectivity index (χ2n) is 3.71. The van der Waals surface area contributed by atoms with E-state index >= 15 is 0 Å². The Morgan fingerprint density at radius 2 is 2.31 bits per heavy atom. The highest BCUT2D eigenvalue weighted by molar-refractivity contribution is 6.33. The minimum atomic E-state index is -0.0427. The van der Waals surface area contributed by atoms with Crippen LogP contribution in [0.2, 0.25) is 5.15 Å². The Hall–Kier alpha value is -1.40. The monoisotopic (exact) mass is 241 g/mol. The Morgan fingerprint density at radius 3 is 2.88 bits per heavy atom. The SMILES string of the molecule is NCC1CC(=O)N(c2c(N)ncnc2Cl)C1. The molecule has 2 rings (SSSR count). The number of carbonyl (C=O) groups excluding carboxylic acids is 1. The van der Waals surface area contributed by atoms with Gasteiger partial charge in [0.05, 0.1) is 0 Å². The predicted octanol–water partition coefficient (Wildman–Crippen LogP) is 0.0238. The first-order valence-corrected chi connectivity index (χ1v) is 5.27. The molecule has 1 atom stereocenters. The van der Waals surface area contributed by atoms with E-state index in [9.17, 15) is 4.79 Å². The lowest BCUT2D eigenvalue weighted by molar-refractivity contribution is -0.117. The predicted molar refractivity (Wildman–Crippen MR) is 61.0 cm³/mol. The molecule has 0 bridgehead atoms. The number of anilines is 2. The number of rotatable bonds is 2. The van der Waals surface area contributed by atoms with E-state index in [0.717, 1.165) is 0 Å². The molecule has 1 amide bonds. The van der Waals surface area contributed by atoms with Gasteiger partial charge in [0, 0.05) is 13.0 Å². The van der Waals surface area contributed by atoms with Crippen LogP contribution in [0.5, 0.6) is 0 Å². The van der Waals surface area contributed by atoms with Crippen LogP contribution in [0.15, 0.2) is 6.33 Å². The number of halogens is 1. The van der Waals surface area contributed by atoms with Gasteiger partial charge in [-0.1, -0.05) is 11.6 Å². The Kier molecular flexibility index (Phi) is 2.93. The number of nitrogens with zero attached hydrogens (tertiary/aromatic N) is 3. The molecule has 1 aromatic rings. The number of aromatic nitrogens is 2. The van der Waals surface area contributed by atoms with E-state index in [2.05, 4.69) is 9.97 Å². The van der Waals surface area contributed by atoms with Gasteiger partial charge in [0.25, 0.3) is 0 Å². The van der Waals surface area contributed by atoms with Crippen molar-refractivity contribution in [2.24, 2.45) is 11.7 Å². The van der Waals surface area contributed by atoms with Gasteiger partial charge in [0.2, 0.25) is 5.91 Å². The number of nitrogens with two attached hydrogens (primary N) is 2. The highest BCUT2D eigenvalue weighted by atomic mass is 35.5. The van der Waals surface area contributed by atoms with Crippen LogP contribution in [0, 0.1) is 5.92 Å².